The van der Waals surface area contributed by atoms with Crippen LogP contribution in [0.2, 0.25) is 0 Å². The lowest BCUT2D eigenvalue weighted by atomic mass is 9.70. The van der Waals surface area contributed by atoms with Gasteiger partial charge in [-0.2, -0.15) is 0 Å². The van der Waals surface area contributed by atoms with E-state index >= 15 is 0 Å². The molecule has 0 spiro atoms. The van der Waals surface area contributed by atoms with Crippen LogP contribution in [0.15, 0.2) is 24.3 Å². The van der Waals surface area contributed by atoms with Gasteiger partial charge in [0.1, 0.15) is 5.82 Å². The summed E-state index contributed by atoms with van der Waals surface area (Å²) in [5.41, 5.74) is -0.663. The van der Waals surface area contributed by atoms with E-state index in [1.807, 2.05) is 0 Å². The Morgan fingerprint density at radius 2 is 1.88 bits per heavy atom. The summed E-state index contributed by atoms with van der Waals surface area (Å²) >= 11 is 0. The third kappa shape index (κ3) is 3.00. The highest BCUT2D eigenvalue weighted by Crippen LogP contribution is 2.48. The molecule has 26 heavy (non-hydrogen) atoms. The monoisotopic (exact) mass is 363 g/mol. The third-order valence-corrected chi connectivity index (χ3v) is 5.61. The standard InChI is InChI=1S/C19H22FNO5/c1-25-17(23)10-19(18(24)26-2)15-8-7-14(9-16(19)22)21(15)11-12-3-5-13(20)6-4-12/h3-6,14-15H,7-11H2,1-2H3/t14-,15+,19-/m1/s1. The average Bonchev–Trinajstić information content (AvgIpc) is 2.95. The molecule has 0 aromatic heterocycles. The second-order valence-electron chi connectivity index (χ2n) is 6.89. The number of nitrogens with zero attached hydrogens (tertiary/aromatic N) is 1. The van der Waals surface area contributed by atoms with E-state index in [0.717, 1.165) is 12.0 Å². The molecule has 2 aliphatic heterocycles. The molecule has 0 N–H and O–H groups in total. The van der Waals surface area contributed by atoms with Gasteiger partial charge in [0, 0.05) is 25.0 Å². The van der Waals surface area contributed by atoms with Crippen molar-refractivity contribution in [2.24, 2.45) is 5.41 Å². The summed E-state index contributed by atoms with van der Waals surface area (Å²) in [6, 6.07) is 5.71. The summed E-state index contributed by atoms with van der Waals surface area (Å²) in [6.45, 7) is 0.475. The van der Waals surface area contributed by atoms with Gasteiger partial charge in [0.15, 0.2) is 11.2 Å². The van der Waals surface area contributed by atoms with E-state index in [1.54, 1.807) is 12.1 Å². The van der Waals surface area contributed by atoms with Crippen LogP contribution in [0.4, 0.5) is 4.39 Å². The van der Waals surface area contributed by atoms with Crippen molar-refractivity contribution in [3.05, 3.63) is 35.6 Å². The van der Waals surface area contributed by atoms with Crippen molar-refractivity contribution in [1.82, 2.24) is 4.90 Å². The Hall–Kier alpha value is -2.28. The number of fused-ring (bicyclic) bond motifs is 2. The summed E-state index contributed by atoms with van der Waals surface area (Å²) in [5, 5.41) is 0. The molecule has 7 heteroatoms. The Labute approximate surface area is 151 Å². The molecule has 0 saturated carbocycles. The van der Waals surface area contributed by atoms with E-state index in [2.05, 4.69) is 4.90 Å². The van der Waals surface area contributed by atoms with Crippen LogP contribution in [-0.4, -0.2) is 48.9 Å². The van der Waals surface area contributed by atoms with Crippen LogP contribution in [0, 0.1) is 11.2 Å². The average molecular weight is 363 g/mol. The lowest BCUT2D eigenvalue weighted by Gasteiger charge is -2.45. The molecule has 0 radical (unpaired) electrons. The number of hydrogen-bond acceptors (Lipinski definition) is 6. The van der Waals surface area contributed by atoms with Crippen LogP contribution in [-0.2, 0) is 30.4 Å². The van der Waals surface area contributed by atoms with Gasteiger partial charge in [-0.3, -0.25) is 19.3 Å². The molecular formula is C19H22FNO5. The van der Waals surface area contributed by atoms with Crippen molar-refractivity contribution in [3.63, 3.8) is 0 Å². The van der Waals surface area contributed by atoms with Gasteiger partial charge in [0.2, 0.25) is 0 Å². The Kier molecular flexibility index (Phi) is 5.09. The molecule has 2 fully saturated rings. The maximum Gasteiger partial charge on any atom is 0.321 e. The topological polar surface area (TPSA) is 72.9 Å². The first-order valence-electron chi connectivity index (χ1n) is 8.61. The summed E-state index contributed by atoms with van der Waals surface area (Å²) in [4.78, 5) is 39.6. The number of esters is 2. The van der Waals surface area contributed by atoms with Crippen LogP contribution in [0.5, 0.6) is 0 Å². The number of hydrogen-bond donors (Lipinski definition) is 0. The summed E-state index contributed by atoms with van der Waals surface area (Å²) in [6.07, 6.45) is 1.23. The predicted octanol–water partition coefficient (Wildman–Crippen LogP) is 1.85. The first-order valence-corrected chi connectivity index (χ1v) is 8.61. The lowest BCUT2D eigenvalue weighted by Crippen LogP contribution is -2.60. The zero-order valence-electron chi connectivity index (χ0n) is 14.9. The van der Waals surface area contributed by atoms with Crippen molar-refractivity contribution < 1.29 is 28.2 Å². The normalized spacial score (nSPS) is 28.0. The largest absolute Gasteiger partial charge is 0.469 e. The molecule has 2 heterocycles. The molecule has 0 unspecified atom stereocenters. The fraction of sp³-hybridized carbons (Fsp3) is 0.526. The molecular weight excluding hydrogens is 341 g/mol. The van der Waals surface area contributed by atoms with Crippen molar-refractivity contribution >= 4 is 17.7 Å². The van der Waals surface area contributed by atoms with Crippen molar-refractivity contribution in [1.29, 1.82) is 0 Å². The molecule has 1 aromatic carbocycles. The fourth-order valence-electron chi connectivity index (χ4n) is 4.33. The highest BCUT2D eigenvalue weighted by Gasteiger charge is 2.62. The quantitative estimate of drug-likeness (QED) is 0.587. The van der Waals surface area contributed by atoms with E-state index in [0.29, 0.717) is 13.0 Å². The first kappa shape index (κ1) is 18.5. The maximum atomic E-state index is 13.2. The van der Waals surface area contributed by atoms with Crippen molar-refractivity contribution in [2.45, 2.75) is 44.3 Å². The fourth-order valence-corrected chi connectivity index (χ4v) is 4.33. The summed E-state index contributed by atoms with van der Waals surface area (Å²) < 4.78 is 22.8. The zero-order valence-corrected chi connectivity index (χ0v) is 14.9. The molecule has 2 aliphatic rings. The SMILES string of the molecule is COC(=O)C[C@]1(C(=O)OC)C(=O)C[C@H]2CC[C@@H]1N2Cc1ccc(F)cc1. The number of methoxy groups -OCH3 is 2. The Morgan fingerprint density at radius 3 is 2.50 bits per heavy atom. The Bertz CT molecular complexity index is 719. The number of rotatable bonds is 5. The molecule has 140 valence electrons. The first-order chi connectivity index (χ1) is 12.4. The number of ether oxygens (including phenoxy) is 2. The second kappa shape index (κ2) is 7.15. The number of ketones is 1. The lowest BCUT2D eigenvalue weighted by molar-refractivity contribution is -0.172. The molecule has 0 aliphatic carbocycles. The number of benzene rings is 1. The highest BCUT2D eigenvalue weighted by molar-refractivity contribution is 6.08. The molecule has 6 nitrogen and oxygen atoms in total. The zero-order chi connectivity index (χ0) is 18.9. The minimum atomic E-state index is -1.55. The Balaban J connectivity index is 1.96. The number of carbonyl (C=O) groups excluding carboxylic acids is 3. The van der Waals surface area contributed by atoms with Crippen molar-refractivity contribution in [3.8, 4) is 0 Å². The molecule has 2 bridgehead atoms. The van der Waals surface area contributed by atoms with E-state index in [4.69, 9.17) is 9.47 Å². The van der Waals surface area contributed by atoms with Gasteiger partial charge in [-0.1, -0.05) is 12.1 Å². The molecule has 0 amide bonds. The van der Waals surface area contributed by atoms with E-state index in [9.17, 15) is 18.8 Å². The third-order valence-electron chi connectivity index (χ3n) is 5.61. The second-order valence-corrected chi connectivity index (χ2v) is 6.89. The van der Waals surface area contributed by atoms with Gasteiger partial charge in [-0.25, -0.2) is 4.39 Å². The molecule has 3 atom stereocenters. The maximum absolute atomic E-state index is 13.2. The van der Waals surface area contributed by atoms with E-state index in [1.165, 1.54) is 26.4 Å². The molecule has 1 aromatic rings. The molecule has 3 rings (SSSR count). The minimum absolute atomic E-state index is 0.00739. The Morgan fingerprint density at radius 1 is 1.19 bits per heavy atom. The van der Waals surface area contributed by atoms with Gasteiger partial charge >= 0.3 is 11.9 Å². The van der Waals surface area contributed by atoms with Crippen molar-refractivity contribution in [2.75, 3.05) is 14.2 Å². The smallest absolute Gasteiger partial charge is 0.321 e. The van der Waals surface area contributed by atoms with Gasteiger partial charge in [-0.15, -0.1) is 0 Å². The van der Waals surface area contributed by atoms with E-state index < -0.39 is 23.4 Å². The summed E-state index contributed by atoms with van der Waals surface area (Å²) in [5.74, 6) is -1.89. The number of carbonyl (C=O) groups is 3. The van der Waals surface area contributed by atoms with Crippen LogP contribution in [0.25, 0.3) is 0 Å². The van der Waals surface area contributed by atoms with Crippen LogP contribution in [0.1, 0.15) is 31.2 Å². The minimum Gasteiger partial charge on any atom is -0.469 e. The van der Waals surface area contributed by atoms with Crippen LogP contribution in [0.3, 0.4) is 0 Å². The molecule has 2 saturated heterocycles. The number of halogens is 1. The summed E-state index contributed by atoms with van der Waals surface area (Å²) in [7, 11) is 2.45. The van der Waals surface area contributed by atoms with E-state index in [-0.39, 0.29) is 30.5 Å². The van der Waals surface area contributed by atoms with Gasteiger partial charge < -0.3 is 9.47 Å². The van der Waals surface area contributed by atoms with Gasteiger partial charge in [0.05, 0.1) is 20.6 Å². The number of piperidine rings is 1. The van der Waals surface area contributed by atoms with Crippen LogP contribution < -0.4 is 0 Å². The van der Waals surface area contributed by atoms with Gasteiger partial charge in [-0.05, 0) is 30.5 Å². The predicted molar refractivity (Wildman–Crippen MR) is 89.5 cm³/mol. The number of Topliss-reactive ketones (excluding diaryl/α,β-unsaturated/α-hetero) is 1. The van der Waals surface area contributed by atoms with Gasteiger partial charge in [0.25, 0.3) is 0 Å². The van der Waals surface area contributed by atoms with Crippen LogP contribution >= 0.6 is 0 Å². The highest BCUT2D eigenvalue weighted by atomic mass is 19.1.